The summed E-state index contributed by atoms with van der Waals surface area (Å²) in [6, 6.07) is 10.5. The molecule has 0 atom stereocenters. The van der Waals surface area contributed by atoms with E-state index in [1.807, 2.05) is 12.4 Å². The molecular formula is C13H13N. The smallest absolute Gasteiger partial charge is 0.0303 e. The van der Waals surface area contributed by atoms with Crippen molar-refractivity contribution in [2.45, 2.75) is 13.8 Å². The minimum Gasteiger partial charge on any atom is -0.264 e. The molecule has 0 aliphatic carbocycles. The van der Waals surface area contributed by atoms with Crippen LogP contribution in [0.5, 0.6) is 0 Å². The minimum absolute atomic E-state index is 1.22. The van der Waals surface area contributed by atoms with Crippen LogP contribution >= 0.6 is 0 Å². The van der Waals surface area contributed by atoms with Gasteiger partial charge in [-0.05, 0) is 42.2 Å². The van der Waals surface area contributed by atoms with Crippen molar-refractivity contribution in [2.24, 2.45) is 0 Å². The number of benzene rings is 1. The van der Waals surface area contributed by atoms with Gasteiger partial charge in [-0.2, -0.15) is 0 Å². The van der Waals surface area contributed by atoms with Gasteiger partial charge in [-0.25, -0.2) is 0 Å². The topological polar surface area (TPSA) is 12.9 Å². The summed E-state index contributed by atoms with van der Waals surface area (Å²) in [5, 5.41) is 0. The van der Waals surface area contributed by atoms with Crippen LogP contribution in [-0.2, 0) is 0 Å². The molecule has 1 aromatic heterocycles. The molecule has 1 heterocycles. The van der Waals surface area contributed by atoms with E-state index in [-0.39, 0.29) is 0 Å². The molecule has 0 aliphatic rings. The van der Waals surface area contributed by atoms with E-state index in [0.29, 0.717) is 0 Å². The van der Waals surface area contributed by atoms with Crippen LogP contribution in [-0.4, -0.2) is 4.98 Å². The lowest BCUT2D eigenvalue weighted by atomic mass is 9.98. The van der Waals surface area contributed by atoms with Crippen LogP contribution in [0.15, 0.2) is 42.7 Å². The van der Waals surface area contributed by atoms with Gasteiger partial charge in [0.25, 0.3) is 0 Å². The number of pyridine rings is 1. The van der Waals surface area contributed by atoms with Crippen molar-refractivity contribution in [1.82, 2.24) is 4.98 Å². The van der Waals surface area contributed by atoms with Crippen LogP contribution in [0.2, 0.25) is 0 Å². The van der Waals surface area contributed by atoms with E-state index in [4.69, 9.17) is 0 Å². The second kappa shape index (κ2) is 3.62. The third-order valence-corrected chi connectivity index (χ3v) is 2.46. The zero-order valence-electron chi connectivity index (χ0n) is 8.49. The standard InChI is InChI=1S/C13H13N/c1-10-5-3-4-6-12(10)13-7-8-14-9-11(13)2/h3-9H,1-2H3. The van der Waals surface area contributed by atoms with Gasteiger partial charge >= 0.3 is 0 Å². The van der Waals surface area contributed by atoms with Crippen molar-refractivity contribution in [3.05, 3.63) is 53.9 Å². The molecule has 0 aliphatic heterocycles. The van der Waals surface area contributed by atoms with Gasteiger partial charge in [0, 0.05) is 12.4 Å². The lowest BCUT2D eigenvalue weighted by molar-refractivity contribution is 1.26. The summed E-state index contributed by atoms with van der Waals surface area (Å²) in [6.45, 7) is 4.23. The number of hydrogen-bond donors (Lipinski definition) is 0. The van der Waals surface area contributed by atoms with E-state index in [0.717, 1.165) is 0 Å². The summed E-state index contributed by atoms with van der Waals surface area (Å²) in [4.78, 5) is 4.10. The summed E-state index contributed by atoms with van der Waals surface area (Å²) < 4.78 is 0. The SMILES string of the molecule is Cc1ccccc1-c1ccncc1C. The molecule has 0 bridgehead atoms. The highest BCUT2D eigenvalue weighted by Crippen LogP contribution is 2.24. The molecule has 0 spiro atoms. The van der Waals surface area contributed by atoms with E-state index >= 15 is 0 Å². The van der Waals surface area contributed by atoms with Crippen LogP contribution in [0.25, 0.3) is 11.1 Å². The third kappa shape index (κ3) is 1.53. The van der Waals surface area contributed by atoms with Crippen LogP contribution < -0.4 is 0 Å². The molecule has 0 fully saturated rings. The monoisotopic (exact) mass is 183 g/mol. The Hall–Kier alpha value is -1.63. The van der Waals surface area contributed by atoms with Gasteiger partial charge in [-0.1, -0.05) is 24.3 Å². The minimum atomic E-state index is 1.22. The molecule has 1 aromatic carbocycles. The molecule has 0 unspecified atom stereocenters. The Morgan fingerprint density at radius 1 is 0.857 bits per heavy atom. The zero-order valence-corrected chi connectivity index (χ0v) is 8.49. The quantitative estimate of drug-likeness (QED) is 0.660. The highest BCUT2D eigenvalue weighted by atomic mass is 14.6. The van der Waals surface area contributed by atoms with Crippen molar-refractivity contribution < 1.29 is 0 Å². The van der Waals surface area contributed by atoms with Crippen molar-refractivity contribution >= 4 is 0 Å². The lowest BCUT2D eigenvalue weighted by Crippen LogP contribution is -1.86. The molecule has 70 valence electrons. The van der Waals surface area contributed by atoms with Gasteiger partial charge in [-0.3, -0.25) is 4.98 Å². The van der Waals surface area contributed by atoms with E-state index in [1.54, 1.807) is 0 Å². The Morgan fingerprint density at radius 2 is 1.57 bits per heavy atom. The maximum atomic E-state index is 4.10. The molecule has 0 saturated carbocycles. The molecule has 14 heavy (non-hydrogen) atoms. The number of aromatic nitrogens is 1. The molecule has 1 nitrogen and oxygen atoms in total. The fraction of sp³-hybridized carbons (Fsp3) is 0.154. The fourth-order valence-corrected chi connectivity index (χ4v) is 1.65. The molecular weight excluding hydrogens is 170 g/mol. The van der Waals surface area contributed by atoms with Crippen LogP contribution in [0.3, 0.4) is 0 Å². The second-order valence-corrected chi connectivity index (χ2v) is 3.51. The Bertz CT molecular complexity index is 403. The molecule has 2 aromatic rings. The average Bonchev–Trinajstić information content (AvgIpc) is 2.20. The van der Waals surface area contributed by atoms with Gasteiger partial charge < -0.3 is 0 Å². The molecule has 0 radical (unpaired) electrons. The lowest BCUT2D eigenvalue weighted by Gasteiger charge is -2.07. The first kappa shape index (κ1) is 8.95. The molecule has 0 N–H and O–H groups in total. The predicted molar refractivity (Wildman–Crippen MR) is 59.1 cm³/mol. The Morgan fingerprint density at radius 3 is 2.29 bits per heavy atom. The highest BCUT2D eigenvalue weighted by molar-refractivity contribution is 5.69. The highest BCUT2D eigenvalue weighted by Gasteiger charge is 2.02. The van der Waals surface area contributed by atoms with Crippen LogP contribution in [0.1, 0.15) is 11.1 Å². The maximum absolute atomic E-state index is 4.10. The van der Waals surface area contributed by atoms with Crippen LogP contribution in [0.4, 0.5) is 0 Å². The summed E-state index contributed by atoms with van der Waals surface area (Å²) >= 11 is 0. The van der Waals surface area contributed by atoms with Crippen molar-refractivity contribution in [2.75, 3.05) is 0 Å². The number of nitrogens with zero attached hydrogens (tertiary/aromatic N) is 1. The average molecular weight is 183 g/mol. The summed E-state index contributed by atoms with van der Waals surface area (Å²) in [6.07, 6.45) is 3.75. The third-order valence-electron chi connectivity index (χ3n) is 2.46. The van der Waals surface area contributed by atoms with E-state index in [2.05, 4.69) is 49.2 Å². The van der Waals surface area contributed by atoms with Gasteiger partial charge in [0.05, 0.1) is 0 Å². The molecule has 0 saturated heterocycles. The summed E-state index contributed by atoms with van der Waals surface area (Å²) in [7, 11) is 0. The van der Waals surface area contributed by atoms with Gasteiger partial charge in [0.2, 0.25) is 0 Å². The predicted octanol–water partition coefficient (Wildman–Crippen LogP) is 3.37. The van der Waals surface area contributed by atoms with E-state index in [1.165, 1.54) is 22.3 Å². The van der Waals surface area contributed by atoms with E-state index < -0.39 is 0 Å². The van der Waals surface area contributed by atoms with Gasteiger partial charge in [0.15, 0.2) is 0 Å². The second-order valence-electron chi connectivity index (χ2n) is 3.51. The van der Waals surface area contributed by atoms with Crippen molar-refractivity contribution in [3.63, 3.8) is 0 Å². The fourth-order valence-electron chi connectivity index (χ4n) is 1.65. The van der Waals surface area contributed by atoms with Crippen molar-refractivity contribution in [3.8, 4) is 11.1 Å². The first-order chi connectivity index (χ1) is 6.79. The van der Waals surface area contributed by atoms with Crippen molar-refractivity contribution in [1.29, 1.82) is 0 Å². The largest absolute Gasteiger partial charge is 0.264 e. The number of aryl methyl sites for hydroxylation is 2. The Kier molecular flexibility index (Phi) is 2.32. The number of hydrogen-bond acceptors (Lipinski definition) is 1. The maximum Gasteiger partial charge on any atom is 0.0303 e. The zero-order chi connectivity index (χ0) is 9.97. The van der Waals surface area contributed by atoms with Gasteiger partial charge in [0.1, 0.15) is 0 Å². The normalized spacial score (nSPS) is 10.1. The number of rotatable bonds is 1. The molecule has 2 rings (SSSR count). The Labute approximate surface area is 84.4 Å². The van der Waals surface area contributed by atoms with E-state index in [9.17, 15) is 0 Å². The van der Waals surface area contributed by atoms with Crippen LogP contribution in [0, 0.1) is 13.8 Å². The summed E-state index contributed by atoms with van der Waals surface area (Å²) in [5.74, 6) is 0. The first-order valence-electron chi connectivity index (χ1n) is 4.75. The Balaban J connectivity index is 2.61. The molecule has 0 amide bonds. The molecule has 1 heteroatoms. The first-order valence-corrected chi connectivity index (χ1v) is 4.75. The summed E-state index contributed by atoms with van der Waals surface area (Å²) in [5.41, 5.74) is 5.11. The van der Waals surface area contributed by atoms with Gasteiger partial charge in [-0.15, -0.1) is 0 Å².